The van der Waals surface area contributed by atoms with Gasteiger partial charge in [0.1, 0.15) is 17.1 Å². The molecule has 27 heavy (non-hydrogen) atoms. The zero-order chi connectivity index (χ0) is 19.6. The average molecular weight is 378 g/mol. The Hall–Kier alpha value is -2.30. The van der Waals surface area contributed by atoms with Gasteiger partial charge in [-0.1, -0.05) is 37.3 Å². The summed E-state index contributed by atoms with van der Waals surface area (Å²) in [4.78, 5) is 0. The topological polar surface area (TPSA) is 9.23 Å². The zero-order valence-corrected chi connectivity index (χ0v) is 15.4. The Balaban J connectivity index is 1.97. The lowest BCUT2D eigenvalue weighted by Crippen LogP contribution is -2.12. The Morgan fingerprint density at radius 2 is 1.70 bits per heavy atom. The van der Waals surface area contributed by atoms with E-state index in [0.717, 1.165) is 24.8 Å². The van der Waals surface area contributed by atoms with E-state index in [2.05, 4.69) is 13.0 Å². The van der Waals surface area contributed by atoms with E-state index in [1.165, 1.54) is 17.7 Å². The molecule has 0 heterocycles. The second-order valence-electron chi connectivity index (χ2n) is 6.92. The molecular weight excluding hydrogens is 356 g/mol. The molecule has 0 bridgehead atoms. The van der Waals surface area contributed by atoms with E-state index in [1.807, 2.05) is 12.1 Å². The maximum atomic E-state index is 14.7. The van der Waals surface area contributed by atoms with Crippen LogP contribution in [0.1, 0.15) is 44.2 Å². The summed E-state index contributed by atoms with van der Waals surface area (Å²) >= 11 is 0. The first-order valence-corrected chi connectivity index (χ1v) is 9.13. The molecule has 1 atom stereocenters. The number of hydrogen-bond donors (Lipinski definition) is 0. The molecule has 0 N–H and O–H groups in total. The molecule has 1 nitrogen and oxygen atoms in total. The van der Waals surface area contributed by atoms with Gasteiger partial charge >= 0.3 is 6.18 Å². The van der Waals surface area contributed by atoms with Gasteiger partial charge in [0.15, 0.2) is 0 Å². The predicted molar refractivity (Wildman–Crippen MR) is 99.0 cm³/mol. The highest BCUT2D eigenvalue weighted by molar-refractivity contribution is 5.72. The Morgan fingerprint density at radius 1 is 1.04 bits per heavy atom. The molecule has 0 fully saturated rings. The second kappa shape index (κ2) is 7.75. The molecule has 1 aliphatic rings. The number of rotatable bonds is 4. The van der Waals surface area contributed by atoms with Crippen LogP contribution in [0.4, 0.5) is 17.6 Å². The lowest BCUT2D eigenvalue weighted by atomic mass is 9.87. The highest BCUT2D eigenvalue weighted by atomic mass is 19.4. The number of halogens is 4. The fourth-order valence-electron chi connectivity index (χ4n) is 3.41. The Bertz CT molecular complexity index is 835. The summed E-state index contributed by atoms with van der Waals surface area (Å²) in [5.74, 6) is -1.11. The second-order valence-corrected chi connectivity index (χ2v) is 6.92. The number of allylic oxidation sites excluding steroid dienone is 2. The third kappa shape index (κ3) is 4.18. The molecule has 2 aromatic rings. The molecule has 0 saturated heterocycles. The van der Waals surface area contributed by atoms with Gasteiger partial charge in [0.05, 0.1) is 6.61 Å². The Labute approximate surface area is 156 Å². The van der Waals surface area contributed by atoms with Gasteiger partial charge in [0.2, 0.25) is 0 Å². The van der Waals surface area contributed by atoms with E-state index in [1.54, 1.807) is 19.1 Å². The first-order valence-electron chi connectivity index (χ1n) is 9.13. The van der Waals surface area contributed by atoms with Crippen molar-refractivity contribution in [1.29, 1.82) is 0 Å². The fraction of sp³-hybridized carbons (Fsp3) is 0.364. The first kappa shape index (κ1) is 19.5. The summed E-state index contributed by atoms with van der Waals surface area (Å²) in [5.41, 5.74) is 1.25. The van der Waals surface area contributed by atoms with Crippen molar-refractivity contribution in [3.8, 4) is 16.9 Å². The molecular formula is C22H22F4O. The molecule has 1 unspecified atom stereocenters. The van der Waals surface area contributed by atoms with Gasteiger partial charge in [-0.05, 0) is 60.9 Å². The number of alkyl halides is 3. The van der Waals surface area contributed by atoms with E-state index < -0.39 is 23.3 Å². The minimum atomic E-state index is -4.83. The van der Waals surface area contributed by atoms with Crippen LogP contribution in [0.5, 0.6) is 5.75 Å². The van der Waals surface area contributed by atoms with Crippen molar-refractivity contribution in [2.45, 2.75) is 39.3 Å². The van der Waals surface area contributed by atoms with E-state index in [4.69, 9.17) is 4.74 Å². The summed E-state index contributed by atoms with van der Waals surface area (Å²) in [5, 5.41) is 0. The smallest absolute Gasteiger partial charge is 0.422 e. The van der Waals surface area contributed by atoms with E-state index in [9.17, 15) is 17.6 Å². The van der Waals surface area contributed by atoms with E-state index in [0.29, 0.717) is 11.5 Å². The van der Waals surface area contributed by atoms with Gasteiger partial charge in [0, 0.05) is 5.56 Å². The van der Waals surface area contributed by atoms with Crippen LogP contribution < -0.4 is 4.74 Å². The van der Waals surface area contributed by atoms with Gasteiger partial charge in [-0.2, -0.15) is 13.2 Å². The van der Waals surface area contributed by atoms with Crippen molar-refractivity contribution < 1.29 is 22.3 Å². The van der Waals surface area contributed by atoms with Crippen LogP contribution in [0, 0.1) is 11.7 Å². The van der Waals surface area contributed by atoms with Crippen LogP contribution in [0.3, 0.4) is 0 Å². The quantitative estimate of drug-likeness (QED) is 0.515. The summed E-state index contributed by atoms with van der Waals surface area (Å²) in [6.07, 6.45) is 0.516. The molecule has 0 aromatic heterocycles. The number of benzene rings is 2. The van der Waals surface area contributed by atoms with Crippen molar-refractivity contribution in [2.75, 3.05) is 6.61 Å². The lowest BCUT2D eigenvalue weighted by Gasteiger charge is -2.19. The molecule has 0 amide bonds. The highest BCUT2D eigenvalue weighted by Gasteiger charge is 2.39. The van der Waals surface area contributed by atoms with Crippen LogP contribution >= 0.6 is 0 Å². The fourth-order valence-corrected chi connectivity index (χ4v) is 3.41. The van der Waals surface area contributed by atoms with Crippen molar-refractivity contribution in [2.24, 2.45) is 5.92 Å². The monoisotopic (exact) mass is 378 g/mol. The van der Waals surface area contributed by atoms with E-state index >= 15 is 0 Å². The molecule has 0 radical (unpaired) electrons. The van der Waals surface area contributed by atoms with E-state index in [-0.39, 0.29) is 12.2 Å². The normalized spacial score (nSPS) is 17.6. The van der Waals surface area contributed by atoms with Crippen LogP contribution in [0.25, 0.3) is 16.7 Å². The molecule has 5 heteroatoms. The van der Waals surface area contributed by atoms with Crippen LogP contribution in [-0.4, -0.2) is 6.61 Å². The van der Waals surface area contributed by atoms with Crippen molar-refractivity contribution >= 4 is 5.57 Å². The van der Waals surface area contributed by atoms with Gasteiger partial charge in [-0.15, -0.1) is 0 Å². The maximum Gasteiger partial charge on any atom is 0.422 e. The highest BCUT2D eigenvalue weighted by Crippen LogP contribution is 2.42. The van der Waals surface area contributed by atoms with Gasteiger partial charge < -0.3 is 4.74 Å². The van der Waals surface area contributed by atoms with Gasteiger partial charge in [-0.3, -0.25) is 0 Å². The maximum absolute atomic E-state index is 14.7. The van der Waals surface area contributed by atoms with Crippen LogP contribution in [-0.2, 0) is 6.18 Å². The number of ether oxygens (including phenoxy) is 1. The first-order chi connectivity index (χ1) is 12.8. The Kier molecular flexibility index (Phi) is 5.59. The average Bonchev–Trinajstić information content (AvgIpc) is 2.62. The molecule has 0 aliphatic heterocycles. The third-order valence-electron chi connectivity index (χ3n) is 4.93. The molecule has 0 spiro atoms. The minimum absolute atomic E-state index is 0.0320. The number of hydrogen-bond acceptors (Lipinski definition) is 1. The predicted octanol–water partition coefficient (Wildman–Crippen LogP) is 7.11. The van der Waals surface area contributed by atoms with Crippen LogP contribution in [0.2, 0.25) is 0 Å². The molecule has 144 valence electrons. The summed E-state index contributed by atoms with van der Waals surface area (Å²) in [6, 6.07) is 9.57. The third-order valence-corrected chi connectivity index (χ3v) is 4.93. The van der Waals surface area contributed by atoms with Gasteiger partial charge in [-0.25, -0.2) is 4.39 Å². The minimum Gasteiger partial charge on any atom is -0.493 e. The largest absolute Gasteiger partial charge is 0.493 e. The van der Waals surface area contributed by atoms with Gasteiger partial charge in [0.25, 0.3) is 0 Å². The molecule has 1 aliphatic carbocycles. The Morgan fingerprint density at radius 3 is 2.26 bits per heavy atom. The molecule has 0 saturated carbocycles. The van der Waals surface area contributed by atoms with Crippen molar-refractivity contribution in [3.05, 3.63) is 59.4 Å². The van der Waals surface area contributed by atoms with Crippen molar-refractivity contribution in [3.63, 3.8) is 0 Å². The van der Waals surface area contributed by atoms with Crippen molar-refractivity contribution in [1.82, 2.24) is 0 Å². The molecule has 3 rings (SSSR count). The summed E-state index contributed by atoms with van der Waals surface area (Å²) in [7, 11) is 0. The molecule has 2 aromatic carbocycles. The van der Waals surface area contributed by atoms with Crippen LogP contribution in [0.15, 0.2) is 42.5 Å². The summed E-state index contributed by atoms with van der Waals surface area (Å²) < 4.78 is 59.7. The standard InChI is InChI=1S/C22H22F4O/c1-3-27-19-13-12-18(21(23)20(19)22(24,25)26)17-10-8-16(9-11-17)15-6-4-14(2)5-7-15/h6,8-14H,3-5,7H2,1-2H3. The lowest BCUT2D eigenvalue weighted by molar-refractivity contribution is -0.141. The SMILES string of the molecule is CCOc1ccc(-c2ccc(C3=CCC(C)CC3)cc2)c(F)c1C(F)(F)F. The summed E-state index contributed by atoms with van der Waals surface area (Å²) in [6.45, 7) is 3.80. The zero-order valence-electron chi connectivity index (χ0n) is 15.4.